The van der Waals surface area contributed by atoms with E-state index in [0.29, 0.717) is 18.6 Å². The van der Waals surface area contributed by atoms with Crippen molar-refractivity contribution in [3.05, 3.63) is 0 Å². The molecule has 3 heteroatoms. The highest BCUT2D eigenvalue weighted by Gasteiger charge is 2.28. The fourth-order valence-electron chi connectivity index (χ4n) is 1.77. The van der Waals surface area contributed by atoms with Crippen LogP contribution in [0.25, 0.3) is 0 Å². The van der Waals surface area contributed by atoms with Gasteiger partial charge in [0.05, 0.1) is 0 Å². The quantitative estimate of drug-likeness (QED) is 0.582. The number of hydrogen-bond donors (Lipinski definition) is 2. The van der Waals surface area contributed by atoms with Gasteiger partial charge in [-0.3, -0.25) is 0 Å². The number of rotatable bonds is 3. The molecule has 2 atom stereocenters. The lowest BCUT2D eigenvalue weighted by atomic mass is 10.1. The first kappa shape index (κ1) is 8.97. The Morgan fingerprint density at radius 2 is 2.27 bits per heavy atom. The molecule has 1 fully saturated rings. The second kappa shape index (κ2) is 4.04. The summed E-state index contributed by atoms with van der Waals surface area (Å²) in [4.78, 5) is 2.26. The average molecular weight is 158 g/mol. The molecule has 1 rings (SSSR count). The maximum absolute atomic E-state index is 9.01. The minimum absolute atomic E-state index is 0.308. The third-order valence-electron chi connectivity index (χ3n) is 2.32. The van der Waals surface area contributed by atoms with Gasteiger partial charge < -0.3 is 15.3 Å². The van der Waals surface area contributed by atoms with Gasteiger partial charge >= 0.3 is 0 Å². The molecule has 1 aliphatic heterocycles. The Labute approximate surface area is 68.4 Å². The molecule has 0 aromatic carbocycles. The first-order valence-corrected chi connectivity index (χ1v) is 4.30. The third kappa shape index (κ3) is 2.15. The van der Waals surface area contributed by atoms with Crippen molar-refractivity contribution in [2.24, 2.45) is 5.92 Å². The Hall–Kier alpha value is -0.120. The van der Waals surface area contributed by atoms with Gasteiger partial charge in [-0.1, -0.05) is 6.92 Å². The highest BCUT2D eigenvalue weighted by Crippen LogP contribution is 2.13. The van der Waals surface area contributed by atoms with E-state index in [9.17, 15) is 0 Å². The van der Waals surface area contributed by atoms with Crippen LogP contribution in [0.5, 0.6) is 0 Å². The van der Waals surface area contributed by atoms with Crippen molar-refractivity contribution in [3.63, 3.8) is 0 Å². The van der Waals surface area contributed by atoms with E-state index in [1.165, 1.54) is 0 Å². The van der Waals surface area contributed by atoms with Crippen LogP contribution < -0.4 is 5.32 Å². The molecule has 0 spiro atoms. The highest BCUT2D eigenvalue weighted by molar-refractivity contribution is 4.86. The number of likely N-dealkylation sites (tertiary alicyclic amines) is 1. The number of likely N-dealkylation sites (N-methyl/N-ethyl adjacent to an activating group) is 2. The molecule has 0 bridgehead atoms. The van der Waals surface area contributed by atoms with Crippen molar-refractivity contribution in [2.45, 2.75) is 13.0 Å². The number of nitrogens with zero attached hydrogens (tertiary/aromatic N) is 1. The summed E-state index contributed by atoms with van der Waals surface area (Å²) >= 11 is 0. The predicted molar refractivity (Wildman–Crippen MR) is 45.5 cm³/mol. The maximum Gasteiger partial charge on any atom is 0.0486 e. The first-order valence-electron chi connectivity index (χ1n) is 4.30. The molecule has 0 radical (unpaired) electrons. The van der Waals surface area contributed by atoms with Crippen LogP contribution >= 0.6 is 0 Å². The molecule has 1 heterocycles. The molecule has 11 heavy (non-hydrogen) atoms. The van der Waals surface area contributed by atoms with E-state index < -0.39 is 0 Å². The van der Waals surface area contributed by atoms with Crippen LogP contribution in [0.4, 0.5) is 0 Å². The van der Waals surface area contributed by atoms with Crippen LogP contribution in [0.1, 0.15) is 6.92 Å². The highest BCUT2D eigenvalue weighted by atomic mass is 16.3. The van der Waals surface area contributed by atoms with Gasteiger partial charge in [-0.25, -0.2) is 0 Å². The van der Waals surface area contributed by atoms with Gasteiger partial charge in [0.25, 0.3) is 0 Å². The smallest absolute Gasteiger partial charge is 0.0486 e. The Morgan fingerprint density at radius 1 is 1.55 bits per heavy atom. The Bertz CT molecular complexity index is 119. The SMILES string of the molecule is CCNC1CN(C)CC1CO. The summed E-state index contributed by atoms with van der Waals surface area (Å²) in [6, 6.07) is 0.495. The van der Waals surface area contributed by atoms with Crippen LogP contribution in [-0.4, -0.2) is 49.3 Å². The molecule has 0 aliphatic carbocycles. The predicted octanol–water partition coefficient (Wildman–Crippen LogP) is -0.482. The average Bonchev–Trinajstić information content (AvgIpc) is 2.32. The lowest BCUT2D eigenvalue weighted by molar-refractivity contribution is 0.211. The van der Waals surface area contributed by atoms with Gasteiger partial charge in [0.2, 0.25) is 0 Å². The van der Waals surface area contributed by atoms with Gasteiger partial charge in [0, 0.05) is 31.7 Å². The van der Waals surface area contributed by atoms with Gasteiger partial charge in [0.1, 0.15) is 0 Å². The second-order valence-electron chi connectivity index (χ2n) is 3.33. The van der Waals surface area contributed by atoms with Crippen molar-refractivity contribution < 1.29 is 5.11 Å². The maximum atomic E-state index is 9.01. The van der Waals surface area contributed by atoms with E-state index in [1.807, 2.05) is 0 Å². The Kier molecular flexibility index (Phi) is 3.30. The van der Waals surface area contributed by atoms with Crippen LogP contribution in [0.15, 0.2) is 0 Å². The molecule has 1 saturated heterocycles. The molecular weight excluding hydrogens is 140 g/mol. The molecule has 66 valence electrons. The van der Waals surface area contributed by atoms with Crippen molar-refractivity contribution >= 4 is 0 Å². The lowest BCUT2D eigenvalue weighted by Gasteiger charge is -2.16. The van der Waals surface area contributed by atoms with Gasteiger partial charge in [-0.05, 0) is 13.6 Å². The number of hydrogen-bond acceptors (Lipinski definition) is 3. The molecule has 2 N–H and O–H groups in total. The van der Waals surface area contributed by atoms with Crippen LogP contribution in [-0.2, 0) is 0 Å². The fourth-order valence-corrected chi connectivity index (χ4v) is 1.77. The molecule has 0 saturated carbocycles. The Morgan fingerprint density at radius 3 is 2.82 bits per heavy atom. The lowest BCUT2D eigenvalue weighted by Crippen LogP contribution is -2.37. The van der Waals surface area contributed by atoms with Gasteiger partial charge in [0.15, 0.2) is 0 Å². The topological polar surface area (TPSA) is 35.5 Å². The van der Waals surface area contributed by atoms with Crippen LogP contribution in [0.3, 0.4) is 0 Å². The summed E-state index contributed by atoms with van der Waals surface area (Å²) in [6.45, 7) is 5.50. The van der Waals surface area contributed by atoms with Crippen molar-refractivity contribution in [3.8, 4) is 0 Å². The molecule has 0 amide bonds. The van der Waals surface area contributed by atoms with E-state index in [-0.39, 0.29) is 0 Å². The molecule has 2 unspecified atom stereocenters. The molecule has 3 nitrogen and oxygen atoms in total. The normalized spacial score (nSPS) is 33.0. The van der Waals surface area contributed by atoms with Crippen molar-refractivity contribution in [2.75, 3.05) is 33.3 Å². The summed E-state index contributed by atoms with van der Waals surface area (Å²) < 4.78 is 0. The minimum atomic E-state index is 0.308. The number of nitrogens with one attached hydrogen (secondary N) is 1. The summed E-state index contributed by atoms with van der Waals surface area (Å²) in [7, 11) is 2.10. The summed E-state index contributed by atoms with van der Waals surface area (Å²) in [5.41, 5.74) is 0. The zero-order valence-electron chi connectivity index (χ0n) is 7.38. The van der Waals surface area contributed by atoms with E-state index in [1.54, 1.807) is 0 Å². The molecule has 1 aliphatic rings. The monoisotopic (exact) mass is 158 g/mol. The fraction of sp³-hybridized carbons (Fsp3) is 1.00. The molecule has 0 aromatic rings. The summed E-state index contributed by atoms with van der Waals surface area (Å²) in [5.74, 6) is 0.431. The number of aliphatic hydroxyl groups excluding tert-OH is 1. The van der Waals surface area contributed by atoms with Crippen LogP contribution in [0.2, 0.25) is 0 Å². The van der Waals surface area contributed by atoms with Crippen molar-refractivity contribution in [1.29, 1.82) is 0 Å². The van der Waals surface area contributed by atoms with Crippen LogP contribution in [0, 0.1) is 5.92 Å². The summed E-state index contributed by atoms with van der Waals surface area (Å²) in [6.07, 6.45) is 0. The van der Waals surface area contributed by atoms with E-state index in [0.717, 1.165) is 19.6 Å². The van der Waals surface area contributed by atoms with E-state index in [4.69, 9.17) is 5.11 Å². The van der Waals surface area contributed by atoms with Gasteiger partial charge in [-0.15, -0.1) is 0 Å². The van der Waals surface area contributed by atoms with Gasteiger partial charge in [-0.2, -0.15) is 0 Å². The zero-order chi connectivity index (χ0) is 8.27. The van der Waals surface area contributed by atoms with E-state index >= 15 is 0 Å². The first-order chi connectivity index (χ1) is 5.27. The standard InChI is InChI=1S/C8H18N2O/c1-3-9-8-5-10(2)4-7(8)6-11/h7-9,11H,3-6H2,1-2H3. The second-order valence-corrected chi connectivity index (χ2v) is 3.33. The van der Waals surface area contributed by atoms with Crippen molar-refractivity contribution in [1.82, 2.24) is 10.2 Å². The summed E-state index contributed by atoms with van der Waals surface area (Å²) in [5, 5.41) is 12.4. The zero-order valence-corrected chi connectivity index (χ0v) is 7.38. The molecular formula is C8H18N2O. The molecule has 0 aromatic heterocycles. The minimum Gasteiger partial charge on any atom is -0.396 e. The van der Waals surface area contributed by atoms with E-state index in [2.05, 4.69) is 24.2 Å². The largest absolute Gasteiger partial charge is 0.396 e. The Balaban J connectivity index is 2.37. The third-order valence-corrected chi connectivity index (χ3v) is 2.32. The number of aliphatic hydroxyl groups is 1.